The summed E-state index contributed by atoms with van der Waals surface area (Å²) in [5.74, 6) is 0. The lowest BCUT2D eigenvalue weighted by molar-refractivity contribution is -0.136. The molecule has 0 atom stereocenters. The number of para-hydroxylation sites is 1. The number of nitrogens with one attached hydrogen (secondary N) is 1. The lowest BCUT2D eigenvalue weighted by Gasteiger charge is -2.12. The lowest BCUT2D eigenvalue weighted by Crippen LogP contribution is -2.16. The normalized spacial score (nSPS) is 12.2. The molecule has 0 fully saturated rings. The monoisotopic (exact) mass is 280 g/mol. The van der Waals surface area contributed by atoms with Gasteiger partial charge in [-0.05, 0) is 19.1 Å². The minimum atomic E-state index is -4.57. The fourth-order valence-electron chi connectivity index (χ4n) is 1.08. The van der Waals surface area contributed by atoms with Crippen LogP contribution in [-0.4, -0.2) is 11.3 Å². The number of oxime groups is 1. The van der Waals surface area contributed by atoms with E-state index in [-0.39, 0.29) is 5.17 Å². The minimum Gasteiger partial charge on any atom is -0.297 e. The smallest absolute Gasteiger partial charge is 0.297 e. The predicted molar refractivity (Wildman–Crippen MR) is 60.5 cm³/mol. The first-order valence-electron chi connectivity index (χ1n) is 4.65. The van der Waals surface area contributed by atoms with Crippen molar-refractivity contribution in [3.63, 3.8) is 0 Å². The molecule has 1 N–H and O–H groups in total. The van der Waals surface area contributed by atoms with E-state index < -0.39 is 23.5 Å². The van der Waals surface area contributed by atoms with Crippen LogP contribution in [0.25, 0.3) is 0 Å². The minimum absolute atomic E-state index is 0.0609. The predicted octanol–water partition coefficient (Wildman–Crippen LogP) is 3.83. The average Bonchev–Trinajstić information content (AvgIpc) is 2.25. The van der Waals surface area contributed by atoms with Crippen LogP contribution in [0.5, 0.6) is 0 Å². The van der Waals surface area contributed by atoms with Gasteiger partial charge in [0.2, 0.25) is 0 Å². The summed E-state index contributed by atoms with van der Waals surface area (Å²) in [6, 6.07) is 4.49. The van der Waals surface area contributed by atoms with Crippen LogP contribution in [0.2, 0.25) is 0 Å². The number of rotatable bonds is 2. The third-order valence-corrected chi connectivity index (χ3v) is 1.79. The van der Waals surface area contributed by atoms with Gasteiger partial charge in [0.1, 0.15) is 5.17 Å². The van der Waals surface area contributed by atoms with Crippen molar-refractivity contribution in [3.05, 3.63) is 29.8 Å². The van der Waals surface area contributed by atoms with Crippen molar-refractivity contribution < 1.29 is 22.8 Å². The SMILES string of the molecule is C/C(Cl)=N\OC(=O)Nc1ccccc1C(F)(F)F. The van der Waals surface area contributed by atoms with Crippen molar-refractivity contribution in [3.8, 4) is 0 Å². The molecule has 1 rings (SSSR count). The van der Waals surface area contributed by atoms with Gasteiger partial charge in [-0.15, -0.1) is 0 Å². The zero-order valence-corrected chi connectivity index (χ0v) is 9.84. The highest BCUT2D eigenvalue weighted by atomic mass is 35.5. The molecule has 0 aliphatic heterocycles. The zero-order chi connectivity index (χ0) is 13.8. The third-order valence-electron chi connectivity index (χ3n) is 1.72. The molecule has 1 amide bonds. The number of amides is 1. The topological polar surface area (TPSA) is 50.7 Å². The molecule has 0 saturated heterocycles. The second-order valence-corrected chi connectivity index (χ2v) is 3.68. The van der Waals surface area contributed by atoms with Crippen LogP contribution < -0.4 is 5.32 Å². The summed E-state index contributed by atoms with van der Waals surface area (Å²) in [7, 11) is 0. The summed E-state index contributed by atoms with van der Waals surface area (Å²) in [5, 5.41) is 4.97. The van der Waals surface area contributed by atoms with Gasteiger partial charge in [0.15, 0.2) is 0 Å². The Morgan fingerprint density at radius 1 is 1.39 bits per heavy atom. The van der Waals surface area contributed by atoms with Crippen molar-refractivity contribution >= 4 is 28.6 Å². The molecule has 0 radical (unpaired) electrons. The Kier molecular flexibility index (Phi) is 4.55. The lowest BCUT2D eigenvalue weighted by atomic mass is 10.2. The summed E-state index contributed by atoms with van der Waals surface area (Å²) in [5.41, 5.74) is -1.40. The Morgan fingerprint density at radius 2 is 2.00 bits per heavy atom. The standard InChI is InChI=1S/C10H8ClF3N2O2/c1-6(11)16-18-9(17)15-8-5-3-2-4-7(8)10(12,13)14/h2-5H,1H3,(H,15,17)/b16-6+. The molecule has 8 heteroatoms. The second-order valence-electron chi connectivity index (χ2n) is 3.14. The van der Waals surface area contributed by atoms with Crippen LogP contribution in [0, 0.1) is 0 Å². The highest BCUT2D eigenvalue weighted by molar-refractivity contribution is 6.64. The number of benzene rings is 1. The quantitative estimate of drug-likeness (QED) is 0.508. The third kappa shape index (κ3) is 4.25. The van der Waals surface area contributed by atoms with Crippen molar-refractivity contribution in [2.75, 3.05) is 5.32 Å². The first-order chi connectivity index (χ1) is 8.30. The molecule has 0 saturated carbocycles. The van der Waals surface area contributed by atoms with E-state index in [1.54, 1.807) is 0 Å². The van der Waals surface area contributed by atoms with E-state index in [9.17, 15) is 18.0 Å². The maximum atomic E-state index is 12.6. The van der Waals surface area contributed by atoms with Gasteiger partial charge in [-0.3, -0.25) is 10.2 Å². The molecule has 0 aliphatic carbocycles. The summed E-state index contributed by atoms with van der Waals surface area (Å²) in [4.78, 5) is 15.3. The van der Waals surface area contributed by atoms with Crippen LogP contribution >= 0.6 is 11.6 Å². The van der Waals surface area contributed by atoms with E-state index in [1.165, 1.54) is 19.1 Å². The molecule has 0 aromatic heterocycles. The molecule has 18 heavy (non-hydrogen) atoms. The fraction of sp³-hybridized carbons (Fsp3) is 0.200. The molecule has 0 bridgehead atoms. The van der Waals surface area contributed by atoms with Crippen LogP contribution in [0.1, 0.15) is 12.5 Å². The van der Waals surface area contributed by atoms with Gasteiger partial charge in [-0.2, -0.15) is 13.2 Å². The molecule has 1 aromatic rings. The highest BCUT2D eigenvalue weighted by Crippen LogP contribution is 2.34. The van der Waals surface area contributed by atoms with Crippen LogP contribution in [0.4, 0.5) is 23.7 Å². The van der Waals surface area contributed by atoms with Crippen molar-refractivity contribution in [2.45, 2.75) is 13.1 Å². The van der Waals surface area contributed by atoms with Gasteiger partial charge in [0.25, 0.3) is 0 Å². The first kappa shape index (κ1) is 14.3. The van der Waals surface area contributed by atoms with E-state index in [4.69, 9.17) is 11.6 Å². The van der Waals surface area contributed by atoms with Crippen LogP contribution in [0.15, 0.2) is 29.4 Å². The fourth-order valence-corrected chi connectivity index (χ4v) is 1.11. The number of nitrogens with zero attached hydrogens (tertiary/aromatic N) is 1. The van der Waals surface area contributed by atoms with Gasteiger partial charge in [0.05, 0.1) is 11.3 Å². The van der Waals surface area contributed by atoms with Crippen molar-refractivity contribution in [1.29, 1.82) is 0 Å². The maximum Gasteiger partial charge on any atom is 0.437 e. The average molecular weight is 281 g/mol. The summed E-state index contributed by atoms with van der Waals surface area (Å²) in [6.07, 6.45) is -5.73. The molecule has 0 heterocycles. The van der Waals surface area contributed by atoms with Crippen LogP contribution in [-0.2, 0) is 11.0 Å². The first-order valence-corrected chi connectivity index (χ1v) is 5.03. The summed E-state index contributed by atoms with van der Waals surface area (Å²) < 4.78 is 37.7. The number of hydrogen-bond acceptors (Lipinski definition) is 3. The number of anilines is 1. The largest absolute Gasteiger partial charge is 0.437 e. The summed E-state index contributed by atoms with van der Waals surface area (Å²) >= 11 is 5.29. The molecule has 0 spiro atoms. The molecule has 0 unspecified atom stereocenters. The molecule has 1 aromatic carbocycles. The molecular formula is C10H8ClF3N2O2. The van der Waals surface area contributed by atoms with Gasteiger partial charge < -0.3 is 0 Å². The van der Waals surface area contributed by atoms with E-state index in [2.05, 4.69) is 9.99 Å². The molecular weight excluding hydrogens is 273 g/mol. The summed E-state index contributed by atoms with van der Waals surface area (Å²) in [6.45, 7) is 1.35. The van der Waals surface area contributed by atoms with E-state index in [1.807, 2.05) is 5.32 Å². The van der Waals surface area contributed by atoms with Crippen LogP contribution in [0.3, 0.4) is 0 Å². The maximum absolute atomic E-state index is 12.6. The van der Waals surface area contributed by atoms with E-state index >= 15 is 0 Å². The second kappa shape index (κ2) is 5.72. The number of carbonyl (C=O) groups is 1. The van der Waals surface area contributed by atoms with Gasteiger partial charge in [-0.1, -0.05) is 28.9 Å². The number of halogens is 4. The van der Waals surface area contributed by atoms with Gasteiger partial charge >= 0.3 is 12.3 Å². The Morgan fingerprint density at radius 3 is 2.56 bits per heavy atom. The number of alkyl halides is 3. The zero-order valence-electron chi connectivity index (χ0n) is 9.08. The molecule has 98 valence electrons. The number of carbonyl (C=O) groups excluding carboxylic acids is 1. The Hall–Kier alpha value is -1.76. The Labute approximate surface area is 105 Å². The van der Waals surface area contributed by atoms with Crippen molar-refractivity contribution in [1.82, 2.24) is 0 Å². The van der Waals surface area contributed by atoms with Gasteiger partial charge in [-0.25, -0.2) is 4.79 Å². The van der Waals surface area contributed by atoms with Crippen molar-refractivity contribution in [2.24, 2.45) is 5.16 Å². The molecule has 4 nitrogen and oxygen atoms in total. The Bertz CT molecular complexity index is 470. The van der Waals surface area contributed by atoms with Gasteiger partial charge in [0, 0.05) is 0 Å². The Balaban J connectivity index is 2.85. The number of hydrogen-bond donors (Lipinski definition) is 1. The van der Waals surface area contributed by atoms with E-state index in [0.717, 1.165) is 12.1 Å². The van der Waals surface area contributed by atoms with E-state index in [0.29, 0.717) is 0 Å². The molecule has 0 aliphatic rings. The highest BCUT2D eigenvalue weighted by Gasteiger charge is 2.33.